The molecule has 0 amide bonds. The Kier molecular flexibility index (Phi) is 16.1. The van der Waals surface area contributed by atoms with E-state index in [2.05, 4.69) is 0 Å². The first-order valence-electron chi connectivity index (χ1n) is 21.7. The molecule has 2 saturated heterocycles. The molecule has 2 fully saturated rings. The minimum atomic E-state index is -1.89. The standard InChI is InChI=1S/C53H50O13/c54-49(39-25-13-4-14-26-39)64-45-43(62-52(57)47(66-51(56)41-29-17-6-18-30-41)46(45)65-50(55)40-27-15-5-16-28-40)35-61-53-48(60-33-38-23-11-3-12-24-38)44(59-32-37-21-9-2-10-22-37)42(63-53)34-58-31-36-19-7-1-8-20-36/h1-30,42-48,52-53,57H,31-35H2/t42-,43-,44-,45-,46+,47+,48+,52+,53-/m1/s1. The van der Waals surface area contributed by atoms with Crippen LogP contribution in [0, 0.1) is 0 Å². The monoisotopic (exact) mass is 894 g/mol. The Hall–Kier alpha value is -6.55. The third-order valence-electron chi connectivity index (χ3n) is 11.0. The zero-order valence-corrected chi connectivity index (χ0v) is 35.9. The van der Waals surface area contributed by atoms with Crippen molar-refractivity contribution in [2.45, 2.75) is 75.1 Å². The van der Waals surface area contributed by atoms with E-state index >= 15 is 0 Å². The summed E-state index contributed by atoms with van der Waals surface area (Å²) in [6.45, 7) is 0.436. The van der Waals surface area contributed by atoms with Gasteiger partial charge in [-0.25, -0.2) is 14.4 Å². The van der Waals surface area contributed by atoms with E-state index in [4.69, 9.17) is 42.6 Å². The fraction of sp³-hybridized carbons (Fsp3) is 0.264. The van der Waals surface area contributed by atoms with Gasteiger partial charge in [-0.1, -0.05) is 146 Å². The second kappa shape index (κ2) is 23.1. The summed E-state index contributed by atoms with van der Waals surface area (Å²) in [6.07, 6.45) is -11.4. The molecule has 2 heterocycles. The molecule has 340 valence electrons. The molecule has 0 spiro atoms. The molecular formula is C53H50O13. The first-order valence-corrected chi connectivity index (χ1v) is 21.7. The average molecular weight is 895 g/mol. The Morgan fingerprint density at radius 1 is 0.394 bits per heavy atom. The van der Waals surface area contributed by atoms with Crippen molar-refractivity contribution in [1.82, 2.24) is 0 Å². The van der Waals surface area contributed by atoms with Crippen LogP contribution in [0.4, 0.5) is 0 Å². The molecule has 0 radical (unpaired) electrons. The maximum atomic E-state index is 13.9. The maximum absolute atomic E-state index is 13.9. The summed E-state index contributed by atoms with van der Waals surface area (Å²) in [7, 11) is 0. The number of carbonyl (C=O) groups is 3. The minimum Gasteiger partial charge on any atom is -0.452 e. The van der Waals surface area contributed by atoms with Gasteiger partial charge in [-0.05, 0) is 53.1 Å². The third-order valence-corrected chi connectivity index (χ3v) is 11.0. The van der Waals surface area contributed by atoms with E-state index < -0.39 is 79.8 Å². The van der Waals surface area contributed by atoms with E-state index in [0.717, 1.165) is 16.7 Å². The van der Waals surface area contributed by atoms with Gasteiger partial charge in [-0.3, -0.25) is 0 Å². The first kappa shape index (κ1) is 46.0. The molecule has 13 heteroatoms. The molecule has 66 heavy (non-hydrogen) atoms. The number of hydrogen-bond donors (Lipinski definition) is 1. The average Bonchev–Trinajstić information content (AvgIpc) is 3.70. The summed E-state index contributed by atoms with van der Waals surface area (Å²) in [4.78, 5) is 41.3. The Morgan fingerprint density at radius 2 is 0.773 bits per heavy atom. The van der Waals surface area contributed by atoms with Crippen molar-refractivity contribution in [1.29, 1.82) is 0 Å². The molecule has 8 rings (SSSR count). The van der Waals surface area contributed by atoms with E-state index in [-0.39, 0.29) is 36.5 Å². The third kappa shape index (κ3) is 12.2. The van der Waals surface area contributed by atoms with Crippen molar-refractivity contribution in [3.05, 3.63) is 215 Å². The van der Waals surface area contributed by atoms with Crippen LogP contribution in [0.2, 0.25) is 0 Å². The molecule has 0 aliphatic carbocycles. The normalized spacial score (nSPS) is 23.7. The van der Waals surface area contributed by atoms with E-state index in [1.807, 2.05) is 91.0 Å². The first-order chi connectivity index (χ1) is 32.4. The van der Waals surface area contributed by atoms with E-state index in [1.165, 1.54) is 24.3 Å². The van der Waals surface area contributed by atoms with Gasteiger partial charge in [0.2, 0.25) is 0 Å². The Labute approximate surface area is 382 Å². The molecule has 6 aromatic carbocycles. The molecule has 2 aliphatic heterocycles. The fourth-order valence-corrected chi connectivity index (χ4v) is 7.66. The van der Waals surface area contributed by atoms with E-state index in [0.29, 0.717) is 6.61 Å². The van der Waals surface area contributed by atoms with Crippen molar-refractivity contribution in [2.24, 2.45) is 0 Å². The zero-order valence-electron chi connectivity index (χ0n) is 35.9. The highest BCUT2D eigenvalue weighted by Crippen LogP contribution is 2.34. The maximum Gasteiger partial charge on any atom is 0.338 e. The van der Waals surface area contributed by atoms with Gasteiger partial charge in [0.25, 0.3) is 0 Å². The highest BCUT2D eigenvalue weighted by atomic mass is 16.7. The van der Waals surface area contributed by atoms with Gasteiger partial charge in [0.15, 0.2) is 30.9 Å². The Bertz CT molecular complexity index is 2410. The zero-order chi connectivity index (χ0) is 45.5. The quantitative estimate of drug-likeness (QED) is 0.0631. The SMILES string of the molecule is O=C(O[C@@H]1[C@H](OC(=O)c2ccccc2)[C@@H](O)O[C@H](CO[C@@H]2O[C@H](COCc3ccccc3)[C@@H](OCc3ccccc3)[C@@H]2OCc2ccccc2)[C@H]1OC(=O)c1ccccc1)c1ccccc1. The van der Waals surface area contributed by atoms with Crippen LogP contribution >= 0.6 is 0 Å². The van der Waals surface area contributed by atoms with Gasteiger partial charge in [0, 0.05) is 0 Å². The molecule has 0 unspecified atom stereocenters. The van der Waals surface area contributed by atoms with Crippen molar-refractivity contribution in [3.63, 3.8) is 0 Å². The molecule has 0 aromatic heterocycles. The van der Waals surface area contributed by atoms with Crippen LogP contribution < -0.4 is 0 Å². The number of hydrogen-bond acceptors (Lipinski definition) is 13. The summed E-state index contributed by atoms with van der Waals surface area (Å²) < 4.78 is 56.7. The molecule has 0 bridgehead atoms. The van der Waals surface area contributed by atoms with Crippen molar-refractivity contribution in [2.75, 3.05) is 13.2 Å². The second-order valence-electron chi connectivity index (χ2n) is 15.7. The molecule has 13 nitrogen and oxygen atoms in total. The van der Waals surface area contributed by atoms with Crippen LogP contribution in [0.25, 0.3) is 0 Å². The number of rotatable bonds is 19. The molecule has 9 atom stereocenters. The summed E-state index contributed by atoms with van der Waals surface area (Å²) >= 11 is 0. The number of benzene rings is 6. The van der Waals surface area contributed by atoms with Gasteiger partial charge < -0.3 is 47.7 Å². The van der Waals surface area contributed by atoms with E-state index in [1.54, 1.807) is 66.7 Å². The van der Waals surface area contributed by atoms with Gasteiger partial charge in [0.1, 0.15) is 24.4 Å². The topological polar surface area (TPSA) is 155 Å². The number of esters is 3. The molecular weight excluding hydrogens is 845 g/mol. The molecule has 1 N–H and O–H groups in total. The number of aliphatic hydroxyl groups is 1. The van der Waals surface area contributed by atoms with Gasteiger partial charge >= 0.3 is 17.9 Å². The van der Waals surface area contributed by atoms with Crippen molar-refractivity contribution < 1.29 is 62.1 Å². The lowest BCUT2D eigenvalue weighted by atomic mass is 9.97. The summed E-state index contributed by atoms with van der Waals surface area (Å²) in [6, 6.07) is 53.4. The van der Waals surface area contributed by atoms with Crippen LogP contribution in [0.3, 0.4) is 0 Å². The van der Waals surface area contributed by atoms with E-state index in [9.17, 15) is 19.5 Å². The summed E-state index contributed by atoms with van der Waals surface area (Å²) in [5, 5.41) is 11.7. The highest BCUT2D eigenvalue weighted by molar-refractivity contribution is 5.91. The summed E-state index contributed by atoms with van der Waals surface area (Å²) in [5.41, 5.74) is 3.30. The van der Waals surface area contributed by atoms with Crippen LogP contribution in [0.5, 0.6) is 0 Å². The minimum absolute atomic E-state index is 0.112. The Balaban J connectivity index is 1.09. The van der Waals surface area contributed by atoms with Gasteiger partial charge in [-0.2, -0.15) is 0 Å². The molecule has 0 saturated carbocycles. The predicted octanol–water partition coefficient (Wildman–Crippen LogP) is 7.51. The summed E-state index contributed by atoms with van der Waals surface area (Å²) in [5.74, 6) is -2.47. The Morgan fingerprint density at radius 3 is 1.24 bits per heavy atom. The number of carbonyl (C=O) groups excluding carboxylic acids is 3. The van der Waals surface area contributed by atoms with Crippen LogP contribution in [-0.2, 0) is 62.5 Å². The largest absolute Gasteiger partial charge is 0.452 e. The van der Waals surface area contributed by atoms with Crippen molar-refractivity contribution >= 4 is 17.9 Å². The van der Waals surface area contributed by atoms with Crippen molar-refractivity contribution in [3.8, 4) is 0 Å². The lowest BCUT2D eigenvalue weighted by Gasteiger charge is -2.43. The predicted molar refractivity (Wildman–Crippen MR) is 239 cm³/mol. The van der Waals surface area contributed by atoms with Gasteiger partial charge in [-0.15, -0.1) is 0 Å². The smallest absolute Gasteiger partial charge is 0.338 e. The van der Waals surface area contributed by atoms with Crippen LogP contribution in [0.15, 0.2) is 182 Å². The van der Waals surface area contributed by atoms with Gasteiger partial charge in [0.05, 0.1) is 49.7 Å². The highest BCUT2D eigenvalue weighted by Gasteiger charge is 2.54. The fourth-order valence-electron chi connectivity index (χ4n) is 7.66. The molecule has 6 aromatic rings. The molecule has 2 aliphatic rings. The number of aliphatic hydroxyl groups excluding tert-OH is 1. The number of ether oxygens (including phenoxy) is 9. The lowest BCUT2D eigenvalue weighted by Crippen LogP contribution is -2.62. The second-order valence-corrected chi connectivity index (χ2v) is 15.7. The lowest BCUT2D eigenvalue weighted by molar-refractivity contribution is -0.296. The van der Waals surface area contributed by atoms with Crippen LogP contribution in [0.1, 0.15) is 47.8 Å². The van der Waals surface area contributed by atoms with Crippen LogP contribution in [-0.4, -0.2) is 91.5 Å².